The number of rotatable bonds is 1. The fourth-order valence-electron chi connectivity index (χ4n) is 2.02. The molecule has 2 saturated heterocycles. The summed E-state index contributed by atoms with van der Waals surface area (Å²) in [6.45, 7) is 4.62. The van der Waals surface area contributed by atoms with Gasteiger partial charge in [0, 0.05) is 7.11 Å². The van der Waals surface area contributed by atoms with Gasteiger partial charge in [0.05, 0.1) is 12.6 Å². The van der Waals surface area contributed by atoms with Crippen LogP contribution in [0.2, 0.25) is 0 Å². The molecule has 0 bridgehead atoms. The normalized spacial score (nSPS) is 42.2. The lowest BCUT2D eigenvalue weighted by molar-refractivity contribution is -0.131. The van der Waals surface area contributed by atoms with Gasteiger partial charge in [-0.15, -0.1) is 0 Å². The molecule has 0 aromatic heterocycles. The summed E-state index contributed by atoms with van der Waals surface area (Å²) in [5.74, 6) is 0.544. The molecular formula is C9H15NO4. The van der Waals surface area contributed by atoms with Gasteiger partial charge < -0.3 is 24.6 Å². The van der Waals surface area contributed by atoms with Crippen molar-refractivity contribution in [3.63, 3.8) is 0 Å². The molecule has 4 atom stereocenters. The van der Waals surface area contributed by atoms with Crippen LogP contribution < -0.4 is 0 Å². The van der Waals surface area contributed by atoms with Gasteiger partial charge in [-0.25, -0.2) is 0 Å². The monoisotopic (exact) mass is 201 g/mol. The third-order valence-electron chi connectivity index (χ3n) is 2.95. The first kappa shape index (κ1) is 9.76. The topological polar surface area (TPSA) is 62.2 Å². The molecule has 80 valence electrons. The minimum Gasteiger partial charge on any atom is -0.477 e. The standard InChI is InChI=1S/C9H15NO4/c1-5-10-3-7(13-2)9(12)8(11)6(10)4-14-5/h6-9,11-12H,1,3-4H2,2H3. The molecule has 2 aliphatic heterocycles. The number of nitrogens with zero attached hydrogens (tertiary/aromatic N) is 1. The molecule has 0 radical (unpaired) electrons. The average molecular weight is 201 g/mol. The van der Waals surface area contributed by atoms with Crippen LogP contribution in [0.15, 0.2) is 12.5 Å². The van der Waals surface area contributed by atoms with E-state index in [1.807, 2.05) is 4.90 Å². The molecule has 5 nitrogen and oxygen atoms in total. The van der Waals surface area contributed by atoms with E-state index in [-0.39, 0.29) is 12.1 Å². The highest BCUT2D eigenvalue weighted by Crippen LogP contribution is 2.29. The second-order valence-corrected chi connectivity index (χ2v) is 3.68. The highest BCUT2D eigenvalue weighted by atomic mass is 16.5. The number of methoxy groups -OCH3 is 1. The SMILES string of the molecule is C=C1OCC2C(O)C(O)C(OC)CN12. The van der Waals surface area contributed by atoms with Gasteiger partial charge in [-0.3, -0.25) is 0 Å². The Labute approximate surface area is 82.5 Å². The Hall–Kier alpha value is -0.780. The summed E-state index contributed by atoms with van der Waals surface area (Å²) in [7, 11) is 1.51. The van der Waals surface area contributed by atoms with E-state index in [1.165, 1.54) is 7.11 Å². The Bertz CT molecular complexity index is 245. The lowest BCUT2D eigenvalue weighted by atomic mass is 9.95. The minimum atomic E-state index is -0.851. The zero-order valence-electron chi connectivity index (χ0n) is 8.09. The highest BCUT2D eigenvalue weighted by molar-refractivity contribution is 5.05. The van der Waals surface area contributed by atoms with Crippen LogP contribution in [0.3, 0.4) is 0 Å². The van der Waals surface area contributed by atoms with Gasteiger partial charge in [-0.1, -0.05) is 0 Å². The van der Waals surface area contributed by atoms with Crippen molar-refractivity contribution in [3.05, 3.63) is 12.5 Å². The molecule has 2 fully saturated rings. The number of fused-ring (bicyclic) bond motifs is 1. The van der Waals surface area contributed by atoms with E-state index in [9.17, 15) is 10.2 Å². The summed E-state index contributed by atoms with van der Waals surface area (Å²) in [6, 6.07) is -0.191. The first-order valence-electron chi connectivity index (χ1n) is 4.62. The molecule has 0 aromatic carbocycles. The zero-order valence-corrected chi connectivity index (χ0v) is 8.09. The Balaban J connectivity index is 2.16. The van der Waals surface area contributed by atoms with E-state index in [0.717, 1.165) is 0 Å². The van der Waals surface area contributed by atoms with Gasteiger partial charge in [0.25, 0.3) is 0 Å². The Kier molecular flexibility index (Phi) is 2.38. The third kappa shape index (κ3) is 1.28. The smallest absolute Gasteiger partial charge is 0.182 e. The molecule has 5 heteroatoms. The van der Waals surface area contributed by atoms with E-state index in [0.29, 0.717) is 19.0 Å². The molecule has 2 aliphatic rings. The summed E-state index contributed by atoms with van der Waals surface area (Å²) in [6.07, 6.45) is -2.08. The summed E-state index contributed by atoms with van der Waals surface area (Å²) in [5.41, 5.74) is 0. The quantitative estimate of drug-likeness (QED) is 0.564. The number of aliphatic hydroxyl groups excluding tert-OH is 2. The molecule has 2 N–H and O–H groups in total. The molecule has 4 unspecified atom stereocenters. The van der Waals surface area contributed by atoms with E-state index >= 15 is 0 Å². The van der Waals surface area contributed by atoms with Crippen LogP contribution in [0, 0.1) is 0 Å². The number of aliphatic hydroxyl groups is 2. The van der Waals surface area contributed by atoms with E-state index in [4.69, 9.17) is 9.47 Å². The van der Waals surface area contributed by atoms with Crippen molar-refractivity contribution in [1.82, 2.24) is 4.90 Å². The second kappa shape index (κ2) is 3.42. The minimum absolute atomic E-state index is 0.191. The Morgan fingerprint density at radius 3 is 2.86 bits per heavy atom. The molecule has 2 heterocycles. The molecule has 0 spiro atoms. The van der Waals surface area contributed by atoms with Crippen molar-refractivity contribution < 1.29 is 19.7 Å². The van der Waals surface area contributed by atoms with E-state index in [1.54, 1.807) is 0 Å². The number of piperidine rings is 1. The van der Waals surface area contributed by atoms with Gasteiger partial charge in [0.15, 0.2) is 5.88 Å². The lowest BCUT2D eigenvalue weighted by Crippen LogP contribution is -2.59. The first-order chi connectivity index (χ1) is 6.65. The first-order valence-corrected chi connectivity index (χ1v) is 4.62. The molecule has 0 amide bonds. The molecular weight excluding hydrogens is 186 g/mol. The van der Waals surface area contributed by atoms with Crippen molar-refractivity contribution in [2.24, 2.45) is 0 Å². The maximum atomic E-state index is 9.77. The van der Waals surface area contributed by atoms with Crippen molar-refractivity contribution in [3.8, 4) is 0 Å². The number of hydrogen-bond donors (Lipinski definition) is 2. The Morgan fingerprint density at radius 2 is 2.21 bits per heavy atom. The van der Waals surface area contributed by atoms with Crippen LogP contribution in [-0.4, -0.2) is 59.7 Å². The summed E-state index contributed by atoms with van der Waals surface area (Å²) >= 11 is 0. The Morgan fingerprint density at radius 1 is 1.50 bits per heavy atom. The van der Waals surface area contributed by atoms with Crippen LogP contribution in [-0.2, 0) is 9.47 Å². The van der Waals surface area contributed by atoms with Crippen molar-refractivity contribution >= 4 is 0 Å². The van der Waals surface area contributed by atoms with E-state index in [2.05, 4.69) is 6.58 Å². The van der Waals surface area contributed by atoms with Crippen LogP contribution in [0.25, 0.3) is 0 Å². The van der Waals surface area contributed by atoms with Crippen LogP contribution in [0.1, 0.15) is 0 Å². The molecule has 14 heavy (non-hydrogen) atoms. The van der Waals surface area contributed by atoms with Gasteiger partial charge in [-0.05, 0) is 6.58 Å². The van der Waals surface area contributed by atoms with Crippen molar-refractivity contribution in [2.75, 3.05) is 20.3 Å². The lowest BCUT2D eigenvalue weighted by Gasteiger charge is -2.40. The fraction of sp³-hybridized carbons (Fsp3) is 0.778. The van der Waals surface area contributed by atoms with Gasteiger partial charge in [0.1, 0.15) is 24.9 Å². The van der Waals surface area contributed by atoms with Crippen molar-refractivity contribution in [2.45, 2.75) is 24.4 Å². The van der Waals surface area contributed by atoms with Crippen LogP contribution in [0.5, 0.6) is 0 Å². The van der Waals surface area contributed by atoms with E-state index < -0.39 is 12.2 Å². The van der Waals surface area contributed by atoms with Crippen LogP contribution in [0.4, 0.5) is 0 Å². The van der Waals surface area contributed by atoms with Gasteiger partial charge in [-0.2, -0.15) is 0 Å². The second-order valence-electron chi connectivity index (χ2n) is 3.68. The maximum absolute atomic E-state index is 9.77. The predicted molar refractivity (Wildman–Crippen MR) is 48.4 cm³/mol. The fourth-order valence-corrected chi connectivity index (χ4v) is 2.02. The summed E-state index contributed by atoms with van der Waals surface area (Å²) in [5, 5.41) is 19.5. The van der Waals surface area contributed by atoms with Crippen LogP contribution >= 0.6 is 0 Å². The molecule has 0 aliphatic carbocycles. The maximum Gasteiger partial charge on any atom is 0.182 e. The molecule has 0 saturated carbocycles. The summed E-state index contributed by atoms with van der Waals surface area (Å²) < 4.78 is 10.3. The van der Waals surface area contributed by atoms with Gasteiger partial charge >= 0.3 is 0 Å². The van der Waals surface area contributed by atoms with Crippen molar-refractivity contribution in [1.29, 1.82) is 0 Å². The van der Waals surface area contributed by atoms with Gasteiger partial charge in [0.2, 0.25) is 0 Å². The molecule has 0 aromatic rings. The molecule has 2 rings (SSSR count). The zero-order chi connectivity index (χ0) is 10.3. The highest BCUT2D eigenvalue weighted by Gasteiger charge is 2.46. The summed E-state index contributed by atoms with van der Waals surface area (Å²) in [4.78, 5) is 1.84. The largest absolute Gasteiger partial charge is 0.477 e. The third-order valence-corrected chi connectivity index (χ3v) is 2.95. The predicted octanol–water partition coefficient (Wildman–Crippen LogP) is -1.09. The number of hydrogen-bond acceptors (Lipinski definition) is 5. The average Bonchev–Trinajstić information content (AvgIpc) is 2.54. The number of ether oxygens (including phenoxy) is 2.